The van der Waals surface area contributed by atoms with E-state index in [0.717, 1.165) is 19.3 Å². The quantitative estimate of drug-likeness (QED) is 0.636. The zero-order valence-electron chi connectivity index (χ0n) is 21.0. The molecule has 0 spiro atoms. The Bertz CT molecular complexity index is 1000. The molecule has 0 aliphatic carbocycles. The van der Waals surface area contributed by atoms with Gasteiger partial charge in [-0.3, -0.25) is 4.79 Å². The maximum absolute atomic E-state index is 12.8. The summed E-state index contributed by atoms with van der Waals surface area (Å²) in [7, 11) is 1.73. The van der Waals surface area contributed by atoms with Gasteiger partial charge in [0.15, 0.2) is 0 Å². The highest BCUT2D eigenvalue weighted by Gasteiger charge is 2.31. The molecule has 35 heavy (non-hydrogen) atoms. The summed E-state index contributed by atoms with van der Waals surface area (Å²) in [6, 6.07) is 16.4. The van der Waals surface area contributed by atoms with Gasteiger partial charge in [0.2, 0.25) is 0 Å². The van der Waals surface area contributed by atoms with Crippen molar-refractivity contribution in [2.75, 3.05) is 32.0 Å². The second kappa shape index (κ2) is 11.7. The Morgan fingerprint density at radius 2 is 1.74 bits per heavy atom. The maximum Gasteiger partial charge on any atom is 0.410 e. The summed E-state index contributed by atoms with van der Waals surface area (Å²) in [6.07, 6.45) is 2.02. The lowest BCUT2D eigenvalue weighted by molar-refractivity contribution is 0.0148. The fourth-order valence-electron chi connectivity index (χ4n) is 3.91. The van der Waals surface area contributed by atoms with Crippen LogP contribution in [0, 0.1) is 0 Å². The van der Waals surface area contributed by atoms with Gasteiger partial charge < -0.3 is 25.2 Å². The summed E-state index contributed by atoms with van der Waals surface area (Å²) in [5.74, 6) is -0.152. The summed E-state index contributed by atoms with van der Waals surface area (Å²) >= 11 is 0. The first-order valence-corrected chi connectivity index (χ1v) is 12.1. The third-order valence-electron chi connectivity index (χ3n) is 5.86. The van der Waals surface area contributed by atoms with Crippen molar-refractivity contribution in [1.82, 2.24) is 15.1 Å². The number of urea groups is 1. The highest BCUT2D eigenvalue weighted by molar-refractivity contribution is 5.95. The van der Waals surface area contributed by atoms with Gasteiger partial charge in [-0.25, -0.2) is 9.59 Å². The van der Waals surface area contributed by atoms with Gasteiger partial charge in [-0.15, -0.1) is 0 Å². The number of nitrogens with one attached hydrogen (secondary N) is 2. The summed E-state index contributed by atoms with van der Waals surface area (Å²) in [4.78, 5) is 40.9. The topological polar surface area (TPSA) is 91.0 Å². The first-order valence-electron chi connectivity index (χ1n) is 12.1. The van der Waals surface area contributed by atoms with E-state index in [-0.39, 0.29) is 24.1 Å². The van der Waals surface area contributed by atoms with Crippen molar-refractivity contribution in [3.05, 3.63) is 65.7 Å². The van der Waals surface area contributed by atoms with Gasteiger partial charge >= 0.3 is 12.1 Å². The van der Waals surface area contributed by atoms with Crippen LogP contribution in [0.4, 0.5) is 15.3 Å². The molecular formula is C27H36N4O4. The van der Waals surface area contributed by atoms with Gasteiger partial charge in [-0.1, -0.05) is 30.3 Å². The van der Waals surface area contributed by atoms with Crippen LogP contribution in [-0.2, 0) is 11.2 Å². The van der Waals surface area contributed by atoms with Gasteiger partial charge in [-0.2, -0.15) is 0 Å². The molecule has 1 heterocycles. The normalized spacial score (nSPS) is 15.8. The van der Waals surface area contributed by atoms with Gasteiger partial charge in [0.25, 0.3) is 5.91 Å². The maximum atomic E-state index is 12.8. The number of likely N-dealkylation sites (N-methyl/N-ethyl adjacent to an activating group) is 1. The molecule has 3 rings (SSSR count). The van der Waals surface area contributed by atoms with E-state index in [1.165, 1.54) is 5.56 Å². The Morgan fingerprint density at radius 3 is 2.40 bits per heavy atom. The third kappa shape index (κ3) is 8.02. The van der Waals surface area contributed by atoms with Crippen molar-refractivity contribution in [1.29, 1.82) is 0 Å². The lowest BCUT2D eigenvalue weighted by atomic mass is 10.1. The standard InChI is InChI=1S/C27H36N4O4/c1-27(2,3)35-26(34)31-18-8-11-23(19-31)30(4)25(33)29-22-14-12-21(13-15-22)24(32)28-17-16-20-9-6-5-7-10-20/h5-7,9-10,12-15,23H,8,11,16-19H2,1-4H3,(H,28,32)(H,29,33). The first-order chi connectivity index (χ1) is 16.6. The van der Waals surface area contributed by atoms with E-state index < -0.39 is 5.60 Å². The van der Waals surface area contributed by atoms with E-state index in [1.807, 2.05) is 51.1 Å². The first kappa shape index (κ1) is 26.1. The number of benzene rings is 2. The Balaban J connectivity index is 1.48. The van der Waals surface area contributed by atoms with E-state index in [4.69, 9.17) is 4.74 Å². The van der Waals surface area contributed by atoms with Gasteiger partial charge in [0.1, 0.15) is 5.60 Å². The van der Waals surface area contributed by atoms with Crippen molar-refractivity contribution in [2.24, 2.45) is 0 Å². The zero-order valence-corrected chi connectivity index (χ0v) is 21.0. The van der Waals surface area contributed by atoms with Gasteiger partial charge in [-0.05, 0) is 69.9 Å². The number of amides is 4. The number of carbonyl (C=O) groups is 3. The number of anilines is 1. The Kier molecular flexibility index (Phi) is 8.73. The molecule has 1 saturated heterocycles. The number of hydrogen-bond acceptors (Lipinski definition) is 4. The molecule has 1 unspecified atom stereocenters. The van der Waals surface area contributed by atoms with Crippen molar-refractivity contribution < 1.29 is 19.1 Å². The molecule has 8 heteroatoms. The summed E-state index contributed by atoms with van der Waals surface area (Å²) in [5, 5.41) is 5.79. The Hall–Kier alpha value is -3.55. The highest BCUT2D eigenvalue weighted by Crippen LogP contribution is 2.19. The van der Waals surface area contributed by atoms with Crippen LogP contribution in [0.5, 0.6) is 0 Å². The van der Waals surface area contributed by atoms with Crippen molar-refractivity contribution in [3.8, 4) is 0 Å². The number of piperidine rings is 1. The highest BCUT2D eigenvalue weighted by atomic mass is 16.6. The molecular weight excluding hydrogens is 444 g/mol. The molecule has 0 radical (unpaired) electrons. The Labute approximate surface area is 207 Å². The van der Waals surface area contributed by atoms with Crippen molar-refractivity contribution in [2.45, 2.75) is 51.7 Å². The average Bonchev–Trinajstić information content (AvgIpc) is 2.83. The summed E-state index contributed by atoms with van der Waals surface area (Å²) in [5.41, 5.74) is 1.74. The van der Waals surface area contributed by atoms with E-state index >= 15 is 0 Å². The fraction of sp³-hybridized carbons (Fsp3) is 0.444. The molecule has 1 fully saturated rings. The molecule has 2 aromatic rings. The largest absolute Gasteiger partial charge is 0.444 e. The Morgan fingerprint density at radius 1 is 1.06 bits per heavy atom. The summed E-state index contributed by atoms with van der Waals surface area (Å²) < 4.78 is 5.47. The van der Waals surface area contributed by atoms with Crippen LogP contribution in [0.1, 0.15) is 49.5 Å². The number of ether oxygens (including phenoxy) is 1. The average molecular weight is 481 g/mol. The van der Waals surface area contributed by atoms with E-state index in [0.29, 0.717) is 30.9 Å². The molecule has 8 nitrogen and oxygen atoms in total. The minimum absolute atomic E-state index is 0.106. The molecule has 1 aliphatic rings. The van der Waals surface area contributed by atoms with Crippen molar-refractivity contribution in [3.63, 3.8) is 0 Å². The molecule has 0 saturated carbocycles. The predicted octanol–water partition coefficient (Wildman–Crippen LogP) is 4.52. The number of carbonyl (C=O) groups excluding carboxylic acids is 3. The van der Waals surface area contributed by atoms with Crippen LogP contribution in [0.2, 0.25) is 0 Å². The summed E-state index contributed by atoms with van der Waals surface area (Å²) in [6.45, 7) is 7.12. The lowest BCUT2D eigenvalue weighted by Gasteiger charge is -2.38. The number of likely N-dealkylation sites (tertiary alicyclic amines) is 1. The van der Waals surface area contributed by atoms with Crippen LogP contribution < -0.4 is 10.6 Å². The third-order valence-corrected chi connectivity index (χ3v) is 5.86. The second-order valence-electron chi connectivity index (χ2n) is 9.83. The molecule has 1 aliphatic heterocycles. The number of hydrogen-bond donors (Lipinski definition) is 2. The fourth-order valence-corrected chi connectivity index (χ4v) is 3.91. The molecule has 2 aromatic carbocycles. The van der Waals surface area contributed by atoms with Crippen LogP contribution in [0.3, 0.4) is 0 Å². The SMILES string of the molecule is CN(C(=O)Nc1ccc(C(=O)NCCc2ccccc2)cc1)C1CCCN(C(=O)OC(C)(C)C)C1. The monoisotopic (exact) mass is 480 g/mol. The second-order valence-corrected chi connectivity index (χ2v) is 9.83. The van der Waals surface area contributed by atoms with Gasteiger partial charge in [0, 0.05) is 37.9 Å². The smallest absolute Gasteiger partial charge is 0.410 e. The molecule has 1 atom stereocenters. The number of nitrogens with zero attached hydrogens (tertiary/aromatic N) is 2. The zero-order chi connectivity index (χ0) is 25.4. The number of rotatable bonds is 6. The minimum atomic E-state index is -0.557. The minimum Gasteiger partial charge on any atom is -0.444 e. The molecule has 0 aromatic heterocycles. The van der Waals surface area contributed by atoms with Crippen LogP contribution in [-0.4, -0.2) is 66.2 Å². The van der Waals surface area contributed by atoms with Crippen LogP contribution in [0.25, 0.3) is 0 Å². The van der Waals surface area contributed by atoms with Crippen LogP contribution in [0.15, 0.2) is 54.6 Å². The van der Waals surface area contributed by atoms with E-state index in [9.17, 15) is 14.4 Å². The lowest BCUT2D eigenvalue weighted by Crippen LogP contribution is -2.52. The predicted molar refractivity (Wildman–Crippen MR) is 137 cm³/mol. The van der Waals surface area contributed by atoms with Crippen molar-refractivity contribution >= 4 is 23.7 Å². The molecule has 2 N–H and O–H groups in total. The van der Waals surface area contributed by atoms with Crippen LogP contribution >= 0.6 is 0 Å². The van der Waals surface area contributed by atoms with E-state index in [1.54, 1.807) is 41.1 Å². The molecule has 0 bridgehead atoms. The molecule has 188 valence electrons. The van der Waals surface area contributed by atoms with E-state index in [2.05, 4.69) is 10.6 Å². The van der Waals surface area contributed by atoms with Gasteiger partial charge in [0.05, 0.1) is 6.04 Å². The molecule has 4 amide bonds.